The number of nitrogens with two attached hydrogens (primary N) is 1. The third-order valence-electron chi connectivity index (χ3n) is 3.95. The quantitative estimate of drug-likeness (QED) is 0.581. The van der Waals surface area contributed by atoms with Crippen LogP contribution in [0.3, 0.4) is 0 Å². The number of ether oxygens (including phenoxy) is 1. The molecule has 3 N–H and O–H groups in total. The maximum Gasteiger partial charge on any atom is 0.327 e. The van der Waals surface area contributed by atoms with Crippen molar-refractivity contribution in [2.75, 3.05) is 18.9 Å². The third-order valence-corrected chi connectivity index (χ3v) is 6.30. The summed E-state index contributed by atoms with van der Waals surface area (Å²) < 4.78 is 24.5. The lowest BCUT2D eigenvalue weighted by Crippen LogP contribution is -2.33. The molecule has 2 aliphatic rings. The minimum atomic E-state index is -2.80. The van der Waals surface area contributed by atoms with Crippen molar-refractivity contribution < 1.29 is 18.3 Å². The number of H-pyrrole nitrogens is 1. The Balaban J connectivity index is 1.58. The Morgan fingerprint density at radius 3 is 3.24 bits per heavy atom. The van der Waals surface area contributed by atoms with E-state index in [1.165, 1.54) is 6.33 Å². The van der Waals surface area contributed by atoms with Crippen molar-refractivity contribution in [2.45, 2.75) is 24.9 Å². The fourth-order valence-corrected chi connectivity index (χ4v) is 4.92. The molecule has 0 aromatic carbocycles. The van der Waals surface area contributed by atoms with Gasteiger partial charge in [0.15, 0.2) is 11.2 Å². The number of nitrogen functional groups attached to an aromatic ring is 1. The summed E-state index contributed by atoms with van der Waals surface area (Å²) in [7, 11) is 0. The molecule has 4 rings (SSSR count). The highest BCUT2D eigenvalue weighted by molar-refractivity contribution is 8.07. The summed E-state index contributed by atoms with van der Waals surface area (Å²) in [6.07, 6.45) is 2.62. The van der Waals surface area contributed by atoms with Crippen LogP contribution in [0.25, 0.3) is 11.2 Å². The van der Waals surface area contributed by atoms with Crippen LogP contribution in [0.2, 0.25) is 0 Å². The molecule has 2 aromatic heterocycles. The third kappa shape index (κ3) is 3.03. The number of imidazole rings is 1. The van der Waals surface area contributed by atoms with Crippen LogP contribution >= 0.6 is 6.72 Å². The van der Waals surface area contributed by atoms with E-state index in [1.807, 2.05) is 0 Å². The van der Waals surface area contributed by atoms with E-state index < -0.39 is 18.5 Å². The zero-order chi connectivity index (χ0) is 17.6. The monoisotopic (exact) mass is 385 g/mol. The molecular weight excluding hydrogens is 369 g/mol. The average Bonchev–Trinajstić information content (AvgIpc) is 3.16. The Morgan fingerprint density at radius 1 is 1.60 bits per heavy atom. The van der Waals surface area contributed by atoms with Gasteiger partial charge in [0.1, 0.15) is 12.3 Å². The average molecular weight is 385 g/mol. The maximum absolute atomic E-state index is 11.9. The van der Waals surface area contributed by atoms with Crippen LogP contribution in [-0.4, -0.2) is 44.9 Å². The van der Waals surface area contributed by atoms with Crippen LogP contribution in [0.5, 0.6) is 0 Å². The number of aromatic nitrogens is 4. The number of nitrogens with zero attached hydrogens (tertiary/aromatic N) is 3. The predicted octanol–water partition coefficient (Wildman–Crippen LogP) is 0.832. The number of hydrogen-bond acceptors (Lipinski definition) is 9. The second kappa shape index (κ2) is 6.27. The summed E-state index contributed by atoms with van der Waals surface area (Å²) in [5.74, 6) is 0.0163. The first-order chi connectivity index (χ1) is 12.0. The number of aromatic amines is 1. The van der Waals surface area contributed by atoms with Gasteiger partial charge in [-0.2, -0.15) is 4.98 Å². The highest BCUT2D eigenvalue weighted by Gasteiger charge is 2.45. The summed E-state index contributed by atoms with van der Waals surface area (Å²) in [4.78, 5) is 22.5. The zero-order valence-electron chi connectivity index (χ0n) is 13.0. The SMILES string of the molecule is C=CCOP1(=S)OC[C@H]2O[C@@H](n3cnc4c(=O)[nH]c(N)nc43)CC2O1. The van der Waals surface area contributed by atoms with Crippen molar-refractivity contribution in [1.82, 2.24) is 19.5 Å². The van der Waals surface area contributed by atoms with Crippen LogP contribution in [-0.2, 0) is 30.1 Å². The van der Waals surface area contributed by atoms with Crippen molar-refractivity contribution in [3.05, 3.63) is 29.3 Å². The highest BCUT2D eigenvalue weighted by Crippen LogP contribution is 2.56. The van der Waals surface area contributed by atoms with Gasteiger partial charge in [0, 0.05) is 6.42 Å². The molecule has 25 heavy (non-hydrogen) atoms. The van der Waals surface area contributed by atoms with E-state index >= 15 is 0 Å². The first-order valence-corrected chi connectivity index (χ1v) is 10.1. The van der Waals surface area contributed by atoms with Gasteiger partial charge in [-0.05, 0) is 11.8 Å². The van der Waals surface area contributed by atoms with Crippen molar-refractivity contribution >= 4 is 35.6 Å². The minimum Gasteiger partial charge on any atom is -0.369 e. The zero-order valence-corrected chi connectivity index (χ0v) is 14.7. The Bertz CT molecular complexity index is 929. The smallest absolute Gasteiger partial charge is 0.327 e. The van der Waals surface area contributed by atoms with Crippen LogP contribution in [0, 0.1) is 0 Å². The number of fused-ring (bicyclic) bond motifs is 2. The normalized spacial score (nSPS) is 31.9. The van der Waals surface area contributed by atoms with Crippen molar-refractivity contribution in [3.8, 4) is 0 Å². The van der Waals surface area contributed by atoms with Gasteiger partial charge in [-0.1, -0.05) is 6.08 Å². The van der Waals surface area contributed by atoms with Gasteiger partial charge in [0.2, 0.25) is 5.95 Å². The van der Waals surface area contributed by atoms with Crippen LogP contribution in [0.4, 0.5) is 5.95 Å². The van der Waals surface area contributed by atoms with E-state index in [0.717, 1.165) is 0 Å². The van der Waals surface area contributed by atoms with Crippen molar-refractivity contribution in [1.29, 1.82) is 0 Å². The predicted molar refractivity (Wildman–Crippen MR) is 92.3 cm³/mol. The van der Waals surface area contributed by atoms with E-state index in [0.29, 0.717) is 12.1 Å². The van der Waals surface area contributed by atoms with Gasteiger partial charge in [-0.25, -0.2) is 4.98 Å². The first-order valence-electron chi connectivity index (χ1n) is 7.55. The van der Waals surface area contributed by atoms with Crippen molar-refractivity contribution in [2.24, 2.45) is 0 Å². The summed E-state index contributed by atoms with van der Waals surface area (Å²) >= 11 is 5.34. The van der Waals surface area contributed by atoms with E-state index in [-0.39, 0.29) is 36.9 Å². The summed E-state index contributed by atoms with van der Waals surface area (Å²) in [6.45, 7) is 1.32. The molecule has 2 saturated heterocycles. The van der Waals surface area contributed by atoms with Gasteiger partial charge in [0.05, 0.1) is 25.6 Å². The van der Waals surface area contributed by atoms with E-state index in [4.69, 9.17) is 35.8 Å². The molecule has 10 nitrogen and oxygen atoms in total. The molecule has 2 unspecified atom stereocenters. The largest absolute Gasteiger partial charge is 0.369 e. The maximum atomic E-state index is 11.9. The van der Waals surface area contributed by atoms with Gasteiger partial charge >= 0.3 is 6.72 Å². The second-order valence-corrected chi connectivity index (χ2v) is 8.57. The number of anilines is 1. The van der Waals surface area contributed by atoms with Gasteiger partial charge in [-0.15, -0.1) is 6.58 Å². The molecule has 4 atom stereocenters. The molecule has 0 aliphatic carbocycles. The molecule has 0 amide bonds. The van der Waals surface area contributed by atoms with Gasteiger partial charge in [-0.3, -0.25) is 14.3 Å². The van der Waals surface area contributed by atoms with Crippen LogP contribution in [0.1, 0.15) is 12.6 Å². The summed E-state index contributed by atoms with van der Waals surface area (Å²) in [6, 6.07) is 0. The number of rotatable bonds is 4. The molecule has 0 saturated carbocycles. The fourth-order valence-electron chi connectivity index (χ4n) is 2.86. The molecule has 4 heterocycles. The first kappa shape index (κ1) is 16.8. The Kier molecular flexibility index (Phi) is 4.22. The lowest BCUT2D eigenvalue weighted by molar-refractivity contribution is -0.0603. The minimum absolute atomic E-state index is 0.0163. The molecular formula is C13H16N5O5PS. The van der Waals surface area contributed by atoms with Gasteiger partial charge < -0.3 is 24.0 Å². The fraction of sp³-hybridized carbons (Fsp3) is 0.462. The molecule has 0 bridgehead atoms. The van der Waals surface area contributed by atoms with Crippen LogP contribution < -0.4 is 11.3 Å². The van der Waals surface area contributed by atoms with E-state index in [2.05, 4.69) is 21.5 Å². The molecule has 12 heteroatoms. The van der Waals surface area contributed by atoms with E-state index in [1.54, 1.807) is 10.6 Å². The van der Waals surface area contributed by atoms with Crippen LogP contribution in [0.15, 0.2) is 23.8 Å². The second-order valence-electron chi connectivity index (χ2n) is 5.61. The molecule has 2 aromatic rings. The molecule has 2 aliphatic heterocycles. The number of hydrogen-bond donors (Lipinski definition) is 2. The topological polar surface area (TPSA) is 127 Å². The summed E-state index contributed by atoms with van der Waals surface area (Å²) in [5.41, 5.74) is 5.78. The van der Waals surface area contributed by atoms with E-state index in [9.17, 15) is 4.79 Å². The Labute approximate surface area is 147 Å². The lowest BCUT2D eigenvalue weighted by Gasteiger charge is -2.32. The standard InChI is InChI=1S/C13H16N5O5PS/c1-2-3-20-24(25)21-5-8-7(23-24)4-9(22-8)18-6-15-10-11(18)16-13(14)17-12(10)19/h2,6-9H,1,3-5H2,(H3,14,16,17,19)/t7?,8-,9-,24?/m1/s1. The lowest BCUT2D eigenvalue weighted by atomic mass is 10.2. The summed E-state index contributed by atoms with van der Waals surface area (Å²) in [5, 5.41) is 0. The van der Waals surface area contributed by atoms with Gasteiger partial charge in [0.25, 0.3) is 5.56 Å². The molecule has 0 spiro atoms. The Morgan fingerprint density at radius 2 is 2.44 bits per heavy atom. The molecule has 0 radical (unpaired) electrons. The molecule has 2 fully saturated rings. The molecule has 134 valence electrons. The Hall–Kier alpha value is -1.62. The highest BCUT2D eigenvalue weighted by atomic mass is 32.5. The number of nitrogens with one attached hydrogen (secondary N) is 1. The van der Waals surface area contributed by atoms with Crippen molar-refractivity contribution in [3.63, 3.8) is 0 Å².